The number of ether oxygens (including phenoxy) is 1. The van der Waals surface area contributed by atoms with Crippen molar-refractivity contribution in [2.75, 3.05) is 7.11 Å². The van der Waals surface area contributed by atoms with Crippen LogP contribution < -0.4 is 10.9 Å². The van der Waals surface area contributed by atoms with Crippen LogP contribution >= 0.6 is 0 Å². The second kappa shape index (κ2) is 7.65. The number of carbonyl (C=O) groups excluding carboxylic acids is 3. The van der Waals surface area contributed by atoms with Gasteiger partial charge in [0.15, 0.2) is 0 Å². The molecule has 25 heavy (non-hydrogen) atoms. The van der Waals surface area contributed by atoms with Gasteiger partial charge in [0.1, 0.15) is 5.69 Å². The highest BCUT2D eigenvalue weighted by molar-refractivity contribution is 6.02. The molecule has 7 heteroatoms. The molecule has 2 rings (SSSR count). The van der Waals surface area contributed by atoms with Crippen LogP contribution in [-0.4, -0.2) is 29.9 Å². The zero-order valence-electron chi connectivity index (χ0n) is 14.6. The highest BCUT2D eigenvalue weighted by atomic mass is 16.5. The molecule has 0 saturated carbocycles. The van der Waals surface area contributed by atoms with E-state index in [0.29, 0.717) is 28.8 Å². The van der Waals surface area contributed by atoms with E-state index in [-0.39, 0.29) is 5.69 Å². The number of hydrogen-bond donors (Lipinski definition) is 3. The van der Waals surface area contributed by atoms with E-state index >= 15 is 0 Å². The van der Waals surface area contributed by atoms with E-state index in [0.717, 1.165) is 5.56 Å². The minimum atomic E-state index is -0.538. The average molecular weight is 343 g/mol. The van der Waals surface area contributed by atoms with Crippen LogP contribution in [0.1, 0.15) is 54.9 Å². The van der Waals surface area contributed by atoms with Gasteiger partial charge in [-0.2, -0.15) is 0 Å². The highest BCUT2D eigenvalue weighted by Gasteiger charge is 2.24. The zero-order chi connectivity index (χ0) is 18.6. The Kier molecular flexibility index (Phi) is 5.59. The van der Waals surface area contributed by atoms with Crippen molar-refractivity contribution < 1.29 is 19.1 Å². The van der Waals surface area contributed by atoms with E-state index in [1.165, 1.54) is 7.11 Å². The lowest BCUT2D eigenvalue weighted by Crippen LogP contribution is -2.42. The van der Waals surface area contributed by atoms with Crippen LogP contribution in [0.4, 0.5) is 0 Å². The van der Waals surface area contributed by atoms with E-state index < -0.39 is 17.8 Å². The number of aromatic amines is 1. The van der Waals surface area contributed by atoms with Crippen LogP contribution in [0, 0.1) is 13.8 Å². The summed E-state index contributed by atoms with van der Waals surface area (Å²) in [6.07, 6.45) is 0.536. The Bertz CT molecular complexity index is 824. The van der Waals surface area contributed by atoms with E-state index in [1.807, 2.05) is 26.0 Å². The number of benzene rings is 1. The minimum Gasteiger partial charge on any atom is -0.465 e. The number of hydrazine groups is 1. The van der Waals surface area contributed by atoms with Gasteiger partial charge in [0.2, 0.25) is 0 Å². The van der Waals surface area contributed by atoms with Gasteiger partial charge in [-0.3, -0.25) is 20.4 Å². The summed E-state index contributed by atoms with van der Waals surface area (Å²) in [7, 11) is 1.29. The summed E-state index contributed by atoms with van der Waals surface area (Å²) >= 11 is 0. The largest absolute Gasteiger partial charge is 0.465 e. The summed E-state index contributed by atoms with van der Waals surface area (Å²) in [5.74, 6) is -1.46. The number of H-pyrrole nitrogens is 1. The van der Waals surface area contributed by atoms with Crippen LogP contribution in [0.25, 0.3) is 0 Å². The first-order valence-electron chi connectivity index (χ1n) is 7.86. The minimum absolute atomic E-state index is 0.210. The van der Waals surface area contributed by atoms with Crippen LogP contribution in [0.15, 0.2) is 24.3 Å². The Morgan fingerprint density at radius 3 is 2.32 bits per heavy atom. The Hall–Kier alpha value is -3.09. The molecule has 0 atom stereocenters. The lowest BCUT2D eigenvalue weighted by molar-refractivity contribution is 0.0598. The van der Waals surface area contributed by atoms with Gasteiger partial charge in [0.25, 0.3) is 11.8 Å². The normalized spacial score (nSPS) is 10.2. The first kappa shape index (κ1) is 18.3. The van der Waals surface area contributed by atoms with Gasteiger partial charge >= 0.3 is 5.97 Å². The number of rotatable bonds is 4. The molecule has 0 aliphatic heterocycles. The van der Waals surface area contributed by atoms with Crippen molar-refractivity contribution in [3.63, 3.8) is 0 Å². The fourth-order valence-corrected chi connectivity index (χ4v) is 2.60. The lowest BCUT2D eigenvalue weighted by atomic mass is 10.1. The first-order chi connectivity index (χ1) is 11.9. The summed E-state index contributed by atoms with van der Waals surface area (Å²) in [5.41, 5.74) is 7.66. The summed E-state index contributed by atoms with van der Waals surface area (Å²) in [6, 6.07) is 7.05. The summed E-state index contributed by atoms with van der Waals surface area (Å²) < 4.78 is 4.76. The van der Waals surface area contributed by atoms with Gasteiger partial charge in [-0.15, -0.1) is 0 Å². The smallest absolute Gasteiger partial charge is 0.339 e. The number of methoxy groups -OCH3 is 1. The Labute approximate surface area is 145 Å². The Balaban J connectivity index is 2.16. The molecule has 0 aliphatic rings. The summed E-state index contributed by atoms with van der Waals surface area (Å²) in [6.45, 7) is 5.32. The van der Waals surface area contributed by atoms with Gasteiger partial charge in [-0.1, -0.05) is 25.1 Å². The van der Waals surface area contributed by atoms with Crippen LogP contribution in [0.3, 0.4) is 0 Å². The molecule has 0 spiro atoms. The number of amides is 2. The monoisotopic (exact) mass is 343 g/mol. The molecule has 132 valence electrons. The van der Waals surface area contributed by atoms with E-state index in [9.17, 15) is 14.4 Å². The number of hydrogen-bond acceptors (Lipinski definition) is 4. The molecule has 0 unspecified atom stereocenters. The topological polar surface area (TPSA) is 100 Å². The van der Waals surface area contributed by atoms with Crippen LogP contribution in [0.2, 0.25) is 0 Å². The predicted octanol–water partition coefficient (Wildman–Crippen LogP) is 2.06. The molecule has 0 fully saturated rings. The Morgan fingerprint density at radius 1 is 1.08 bits per heavy atom. The molecule has 0 bridgehead atoms. The molecule has 0 aliphatic carbocycles. The van der Waals surface area contributed by atoms with Crippen LogP contribution in [-0.2, 0) is 11.2 Å². The molecule has 1 heterocycles. The quantitative estimate of drug-likeness (QED) is 0.584. The Morgan fingerprint density at radius 2 is 1.72 bits per heavy atom. The zero-order valence-corrected chi connectivity index (χ0v) is 14.6. The maximum absolute atomic E-state index is 12.4. The van der Waals surface area contributed by atoms with E-state index in [4.69, 9.17) is 4.74 Å². The summed E-state index contributed by atoms with van der Waals surface area (Å²) in [5, 5.41) is 0. The number of aryl methyl sites for hydroxylation is 2. The van der Waals surface area contributed by atoms with Gasteiger partial charge in [-0.05, 0) is 37.5 Å². The molecule has 1 aromatic carbocycles. The van der Waals surface area contributed by atoms with Crippen molar-refractivity contribution in [3.05, 3.63) is 57.9 Å². The third-order valence-corrected chi connectivity index (χ3v) is 3.98. The predicted molar refractivity (Wildman–Crippen MR) is 92.4 cm³/mol. The molecule has 0 saturated heterocycles. The fraction of sp³-hybridized carbons (Fsp3) is 0.278. The molecule has 2 aromatic rings. The third kappa shape index (κ3) is 3.71. The SMILES string of the molecule is CCc1[nH]c(C(=O)NNC(=O)c2ccccc2C)c(C)c1C(=O)OC. The fourth-order valence-electron chi connectivity index (χ4n) is 2.60. The van der Waals surface area contributed by atoms with Crippen molar-refractivity contribution in [1.29, 1.82) is 0 Å². The molecule has 1 aromatic heterocycles. The van der Waals surface area contributed by atoms with Crippen molar-refractivity contribution in [1.82, 2.24) is 15.8 Å². The number of aromatic nitrogens is 1. The molecule has 3 N–H and O–H groups in total. The van der Waals surface area contributed by atoms with Gasteiger partial charge in [0.05, 0.1) is 12.7 Å². The lowest BCUT2D eigenvalue weighted by Gasteiger charge is -2.09. The maximum Gasteiger partial charge on any atom is 0.339 e. The van der Waals surface area contributed by atoms with Crippen molar-refractivity contribution >= 4 is 17.8 Å². The van der Waals surface area contributed by atoms with Gasteiger partial charge < -0.3 is 9.72 Å². The van der Waals surface area contributed by atoms with E-state index in [1.54, 1.807) is 19.1 Å². The second-order valence-corrected chi connectivity index (χ2v) is 5.55. The van der Waals surface area contributed by atoms with Crippen molar-refractivity contribution in [2.45, 2.75) is 27.2 Å². The maximum atomic E-state index is 12.4. The number of carbonyl (C=O) groups is 3. The van der Waals surface area contributed by atoms with Crippen LogP contribution in [0.5, 0.6) is 0 Å². The van der Waals surface area contributed by atoms with Gasteiger partial charge in [0, 0.05) is 11.3 Å². The molecular formula is C18H21N3O4. The second-order valence-electron chi connectivity index (χ2n) is 5.55. The molecular weight excluding hydrogens is 322 g/mol. The number of nitrogens with one attached hydrogen (secondary N) is 3. The molecule has 2 amide bonds. The molecule has 0 radical (unpaired) electrons. The summed E-state index contributed by atoms with van der Waals surface area (Å²) in [4.78, 5) is 39.3. The first-order valence-corrected chi connectivity index (χ1v) is 7.86. The van der Waals surface area contributed by atoms with Crippen molar-refractivity contribution in [3.8, 4) is 0 Å². The number of esters is 1. The third-order valence-electron chi connectivity index (χ3n) is 3.98. The van der Waals surface area contributed by atoms with Gasteiger partial charge in [-0.25, -0.2) is 4.79 Å². The highest BCUT2D eigenvalue weighted by Crippen LogP contribution is 2.20. The average Bonchev–Trinajstić information content (AvgIpc) is 2.95. The standard InChI is InChI=1S/C18H21N3O4/c1-5-13-14(18(24)25-4)11(3)15(19-13)17(23)21-20-16(22)12-9-7-6-8-10(12)2/h6-9,19H,5H2,1-4H3,(H,20,22)(H,21,23). The van der Waals surface area contributed by atoms with Crippen molar-refractivity contribution in [2.24, 2.45) is 0 Å². The van der Waals surface area contributed by atoms with E-state index in [2.05, 4.69) is 15.8 Å². The molecule has 7 nitrogen and oxygen atoms in total.